The standard InChI is InChI=1S/C15H17ClN2O2/c1-11-3-5-13(16)14(9-11)20-8-2-7-18-10-12(17)4-6-15(18)19/h3-6,9-10H,2,7-8,17H2,1H3. The first-order valence-electron chi connectivity index (χ1n) is 6.41. The van der Waals surface area contributed by atoms with E-state index in [4.69, 9.17) is 22.1 Å². The molecular formula is C15H17ClN2O2. The van der Waals surface area contributed by atoms with Crippen molar-refractivity contribution in [3.63, 3.8) is 0 Å². The number of nitrogens with zero attached hydrogens (tertiary/aromatic N) is 1. The zero-order valence-electron chi connectivity index (χ0n) is 11.3. The van der Waals surface area contributed by atoms with Crippen LogP contribution in [0.5, 0.6) is 5.75 Å². The minimum Gasteiger partial charge on any atom is -0.492 e. The maximum atomic E-state index is 11.6. The molecule has 5 heteroatoms. The lowest BCUT2D eigenvalue weighted by Crippen LogP contribution is -2.20. The summed E-state index contributed by atoms with van der Waals surface area (Å²) in [6, 6.07) is 8.71. The number of nitrogen functional groups attached to an aromatic ring is 1. The first-order chi connectivity index (χ1) is 9.56. The van der Waals surface area contributed by atoms with Gasteiger partial charge >= 0.3 is 0 Å². The predicted octanol–water partition coefficient (Wildman–Crippen LogP) is 2.86. The fourth-order valence-electron chi connectivity index (χ4n) is 1.86. The van der Waals surface area contributed by atoms with Gasteiger partial charge in [0.15, 0.2) is 0 Å². The highest BCUT2D eigenvalue weighted by Crippen LogP contribution is 2.25. The maximum absolute atomic E-state index is 11.6. The quantitative estimate of drug-likeness (QED) is 0.862. The third-order valence-corrected chi connectivity index (χ3v) is 3.21. The molecule has 0 unspecified atom stereocenters. The maximum Gasteiger partial charge on any atom is 0.250 e. The number of rotatable bonds is 5. The molecule has 1 heterocycles. The average molecular weight is 293 g/mol. The van der Waals surface area contributed by atoms with Crippen molar-refractivity contribution in [2.24, 2.45) is 0 Å². The molecule has 106 valence electrons. The van der Waals surface area contributed by atoms with Gasteiger partial charge in [-0.2, -0.15) is 0 Å². The van der Waals surface area contributed by atoms with Gasteiger partial charge in [0.05, 0.1) is 11.6 Å². The van der Waals surface area contributed by atoms with Crippen molar-refractivity contribution < 1.29 is 4.74 Å². The Labute approximate surface area is 122 Å². The lowest BCUT2D eigenvalue weighted by molar-refractivity contribution is 0.301. The van der Waals surface area contributed by atoms with E-state index in [0.717, 1.165) is 5.56 Å². The van der Waals surface area contributed by atoms with Crippen molar-refractivity contribution in [2.75, 3.05) is 12.3 Å². The molecule has 20 heavy (non-hydrogen) atoms. The number of pyridine rings is 1. The summed E-state index contributed by atoms with van der Waals surface area (Å²) in [7, 11) is 0. The zero-order valence-corrected chi connectivity index (χ0v) is 12.1. The van der Waals surface area contributed by atoms with Crippen LogP contribution in [0.15, 0.2) is 41.3 Å². The highest BCUT2D eigenvalue weighted by atomic mass is 35.5. The Morgan fingerprint density at radius 3 is 2.90 bits per heavy atom. The molecule has 0 amide bonds. The van der Waals surface area contributed by atoms with Crippen LogP contribution in [-0.2, 0) is 6.54 Å². The molecule has 0 saturated heterocycles. The van der Waals surface area contributed by atoms with E-state index in [2.05, 4.69) is 0 Å². The van der Waals surface area contributed by atoms with Crippen LogP contribution < -0.4 is 16.0 Å². The molecule has 4 nitrogen and oxygen atoms in total. The lowest BCUT2D eigenvalue weighted by Gasteiger charge is -2.10. The van der Waals surface area contributed by atoms with E-state index in [0.29, 0.717) is 36.0 Å². The summed E-state index contributed by atoms with van der Waals surface area (Å²) >= 11 is 6.04. The predicted molar refractivity (Wildman–Crippen MR) is 81.4 cm³/mol. The van der Waals surface area contributed by atoms with Gasteiger partial charge in [-0.1, -0.05) is 17.7 Å². The van der Waals surface area contributed by atoms with E-state index >= 15 is 0 Å². The fourth-order valence-corrected chi connectivity index (χ4v) is 2.03. The van der Waals surface area contributed by atoms with Gasteiger partial charge in [0.25, 0.3) is 5.56 Å². The minimum absolute atomic E-state index is 0.0622. The number of benzene rings is 1. The minimum atomic E-state index is -0.0622. The highest BCUT2D eigenvalue weighted by molar-refractivity contribution is 6.32. The molecule has 0 atom stereocenters. The van der Waals surface area contributed by atoms with Crippen molar-refractivity contribution in [1.29, 1.82) is 0 Å². The Morgan fingerprint density at radius 2 is 2.10 bits per heavy atom. The van der Waals surface area contributed by atoms with Gasteiger partial charge in [-0.05, 0) is 37.1 Å². The number of aryl methyl sites for hydroxylation is 2. The van der Waals surface area contributed by atoms with Crippen molar-refractivity contribution in [2.45, 2.75) is 19.9 Å². The molecular weight excluding hydrogens is 276 g/mol. The van der Waals surface area contributed by atoms with E-state index < -0.39 is 0 Å². The van der Waals surface area contributed by atoms with Crippen LogP contribution >= 0.6 is 11.6 Å². The summed E-state index contributed by atoms with van der Waals surface area (Å²) in [4.78, 5) is 11.6. The van der Waals surface area contributed by atoms with Crippen LogP contribution in [0.25, 0.3) is 0 Å². The van der Waals surface area contributed by atoms with E-state index in [9.17, 15) is 4.79 Å². The monoisotopic (exact) mass is 292 g/mol. The Bertz CT molecular complexity index is 653. The molecule has 1 aromatic heterocycles. The lowest BCUT2D eigenvalue weighted by atomic mass is 10.2. The number of hydrogen-bond donors (Lipinski definition) is 1. The van der Waals surface area contributed by atoms with Crippen molar-refractivity contribution in [1.82, 2.24) is 4.57 Å². The largest absolute Gasteiger partial charge is 0.492 e. The molecule has 0 saturated carbocycles. The van der Waals surface area contributed by atoms with E-state index in [1.54, 1.807) is 16.8 Å². The second-order valence-corrected chi connectivity index (χ2v) is 5.04. The van der Waals surface area contributed by atoms with Crippen LogP contribution in [-0.4, -0.2) is 11.2 Å². The fraction of sp³-hybridized carbons (Fsp3) is 0.267. The van der Waals surface area contributed by atoms with Crippen LogP contribution in [0.3, 0.4) is 0 Å². The summed E-state index contributed by atoms with van der Waals surface area (Å²) in [5.41, 5.74) is 7.26. The third kappa shape index (κ3) is 3.78. The molecule has 2 N–H and O–H groups in total. The summed E-state index contributed by atoms with van der Waals surface area (Å²) in [6.45, 7) is 3.03. The topological polar surface area (TPSA) is 57.2 Å². The highest BCUT2D eigenvalue weighted by Gasteiger charge is 2.02. The summed E-state index contributed by atoms with van der Waals surface area (Å²) < 4.78 is 7.21. The third-order valence-electron chi connectivity index (χ3n) is 2.89. The van der Waals surface area contributed by atoms with Crippen LogP contribution in [0.4, 0.5) is 5.69 Å². The van der Waals surface area contributed by atoms with Gasteiger partial charge < -0.3 is 15.0 Å². The normalized spacial score (nSPS) is 10.5. The molecule has 0 radical (unpaired) electrons. The Balaban J connectivity index is 1.89. The molecule has 2 aromatic rings. The van der Waals surface area contributed by atoms with Crippen LogP contribution in [0.2, 0.25) is 5.02 Å². The Hall–Kier alpha value is -1.94. The molecule has 1 aromatic carbocycles. The van der Waals surface area contributed by atoms with E-state index in [1.165, 1.54) is 6.07 Å². The smallest absolute Gasteiger partial charge is 0.250 e. The van der Waals surface area contributed by atoms with E-state index in [-0.39, 0.29) is 5.56 Å². The number of anilines is 1. The molecule has 0 spiro atoms. The molecule has 0 aliphatic rings. The summed E-state index contributed by atoms with van der Waals surface area (Å²) in [5, 5.41) is 0.594. The number of halogens is 1. The first-order valence-corrected chi connectivity index (χ1v) is 6.79. The second kappa shape index (κ2) is 6.48. The second-order valence-electron chi connectivity index (χ2n) is 4.63. The van der Waals surface area contributed by atoms with Crippen molar-refractivity contribution >= 4 is 17.3 Å². The molecule has 0 aliphatic carbocycles. The Morgan fingerprint density at radius 1 is 1.30 bits per heavy atom. The summed E-state index contributed by atoms with van der Waals surface area (Å²) in [5.74, 6) is 0.673. The summed E-state index contributed by atoms with van der Waals surface area (Å²) in [6.07, 6.45) is 2.34. The van der Waals surface area contributed by atoms with Gasteiger partial charge in [-0.3, -0.25) is 4.79 Å². The van der Waals surface area contributed by atoms with Crippen molar-refractivity contribution in [3.05, 3.63) is 57.5 Å². The average Bonchev–Trinajstić information content (AvgIpc) is 2.42. The van der Waals surface area contributed by atoms with E-state index in [1.807, 2.05) is 25.1 Å². The molecule has 2 rings (SSSR count). The number of ether oxygens (including phenoxy) is 1. The Kier molecular flexibility index (Phi) is 4.69. The van der Waals surface area contributed by atoms with Gasteiger partial charge in [0.1, 0.15) is 5.75 Å². The molecule has 0 aliphatic heterocycles. The number of hydrogen-bond acceptors (Lipinski definition) is 3. The van der Waals surface area contributed by atoms with Crippen LogP contribution in [0.1, 0.15) is 12.0 Å². The molecule has 0 fully saturated rings. The molecule has 0 bridgehead atoms. The van der Waals surface area contributed by atoms with Crippen molar-refractivity contribution in [3.8, 4) is 5.75 Å². The number of nitrogens with two attached hydrogens (primary N) is 1. The van der Waals surface area contributed by atoms with Gasteiger partial charge in [-0.15, -0.1) is 0 Å². The van der Waals surface area contributed by atoms with Gasteiger partial charge in [0.2, 0.25) is 0 Å². The van der Waals surface area contributed by atoms with Crippen LogP contribution in [0, 0.1) is 6.92 Å². The zero-order chi connectivity index (χ0) is 14.5. The van der Waals surface area contributed by atoms with Gasteiger partial charge in [-0.25, -0.2) is 0 Å². The number of aromatic nitrogens is 1. The SMILES string of the molecule is Cc1ccc(Cl)c(OCCCn2cc(N)ccc2=O)c1. The first kappa shape index (κ1) is 14.5. The van der Waals surface area contributed by atoms with Gasteiger partial charge in [0, 0.05) is 24.5 Å².